The summed E-state index contributed by atoms with van der Waals surface area (Å²) in [5, 5.41) is 3.69. The lowest BCUT2D eigenvalue weighted by atomic mass is 10.0. The Morgan fingerprint density at radius 2 is 1.68 bits per heavy atom. The average molecular weight is 627 g/mol. The van der Waals surface area contributed by atoms with E-state index in [2.05, 4.69) is 5.32 Å². The van der Waals surface area contributed by atoms with Gasteiger partial charge in [0.1, 0.15) is 18.3 Å². The van der Waals surface area contributed by atoms with Crippen LogP contribution in [-0.4, -0.2) is 57.6 Å². The molecule has 0 aromatic heterocycles. The van der Waals surface area contributed by atoms with Crippen molar-refractivity contribution >= 4 is 62.3 Å². The molecule has 0 bridgehead atoms. The van der Waals surface area contributed by atoms with Gasteiger partial charge < -0.3 is 15.0 Å². The molecule has 3 rings (SSSR count). The van der Waals surface area contributed by atoms with Gasteiger partial charge in [0.2, 0.25) is 21.8 Å². The molecule has 214 valence electrons. The van der Waals surface area contributed by atoms with Gasteiger partial charge in [-0.1, -0.05) is 71.2 Å². The first-order chi connectivity index (χ1) is 18.9. The normalized spacial score (nSPS) is 11.9. The molecule has 8 nitrogen and oxygen atoms in total. The number of rotatable bonds is 12. The Bertz CT molecular complexity index is 1450. The molecule has 1 atom stereocenters. The third kappa shape index (κ3) is 8.27. The zero-order valence-corrected chi connectivity index (χ0v) is 25.3. The van der Waals surface area contributed by atoms with Crippen molar-refractivity contribution in [3.05, 3.63) is 92.9 Å². The van der Waals surface area contributed by atoms with Crippen LogP contribution in [0.25, 0.3) is 0 Å². The second-order valence-corrected chi connectivity index (χ2v) is 12.1. The minimum Gasteiger partial charge on any atom is -0.495 e. The summed E-state index contributed by atoms with van der Waals surface area (Å²) in [7, 11) is -2.51. The zero-order chi connectivity index (χ0) is 29.4. The molecule has 40 heavy (non-hydrogen) atoms. The number of nitrogens with one attached hydrogen (secondary N) is 1. The molecule has 3 aromatic carbocycles. The number of carbonyl (C=O) groups is 2. The van der Waals surface area contributed by atoms with Crippen LogP contribution in [0.2, 0.25) is 15.1 Å². The highest BCUT2D eigenvalue weighted by Gasteiger charge is 2.33. The first-order valence-electron chi connectivity index (χ1n) is 12.3. The second-order valence-electron chi connectivity index (χ2n) is 8.95. The van der Waals surface area contributed by atoms with Crippen molar-refractivity contribution < 1.29 is 22.7 Å². The Morgan fingerprint density at radius 1 is 0.975 bits per heavy atom. The van der Waals surface area contributed by atoms with Gasteiger partial charge in [-0.05, 0) is 48.4 Å². The molecule has 0 unspecified atom stereocenters. The van der Waals surface area contributed by atoms with Crippen molar-refractivity contribution in [1.82, 2.24) is 10.2 Å². The molecular formula is C28H30Cl3N3O5S. The number of methoxy groups -OCH3 is 1. The number of halogens is 3. The van der Waals surface area contributed by atoms with Crippen LogP contribution < -0.4 is 14.4 Å². The summed E-state index contributed by atoms with van der Waals surface area (Å²) < 4.78 is 31.8. The van der Waals surface area contributed by atoms with E-state index in [9.17, 15) is 18.0 Å². The van der Waals surface area contributed by atoms with Gasteiger partial charge in [-0.2, -0.15) is 0 Å². The number of likely N-dealkylation sites (N-methyl/N-ethyl adjacent to an activating group) is 1. The first kappa shape index (κ1) is 31.5. The van der Waals surface area contributed by atoms with Crippen LogP contribution >= 0.6 is 34.8 Å². The summed E-state index contributed by atoms with van der Waals surface area (Å²) in [6.45, 7) is 1.47. The molecule has 0 saturated heterocycles. The third-order valence-electron chi connectivity index (χ3n) is 6.08. The van der Waals surface area contributed by atoms with Gasteiger partial charge in [0.05, 0.1) is 24.1 Å². The molecule has 3 aromatic rings. The van der Waals surface area contributed by atoms with Crippen LogP contribution in [0.4, 0.5) is 5.69 Å². The number of ether oxygens (including phenoxy) is 1. The Morgan fingerprint density at radius 3 is 2.25 bits per heavy atom. The molecule has 2 amide bonds. The molecule has 0 radical (unpaired) electrons. The number of nitrogens with zero attached hydrogens (tertiary/aromatic N) is 2. The summed E-state index contributed by atoms with van der Waals surface area (Å²) >= 11 is 18.8. The van der Waals surface area contributed by atoms with E-state index in [1.807, 2.05) is 30.3 Å². The molecule has 0 aliphatic rings. The lowest BCUT2D eigenvalue weighted by Gasteiger charge is -2.33. The summed E-state index contributed by atoms with van der Waals surface area (Å²) in [5.41, 5.74) is 1.53. The van der Waals surface area contributed by atoms with Crippen LogP contribution in [0, 0.1) is 0 Å². The van der Waals surface area contributed by atoms with E-state index in [1.165, 1.54) is 30.2 Å². The van der Waals surface area contributed by atoms with Gasteiger partial charge in [0, 0.05) is 29.6 Å². The fourth-order valence-electron chi connectivity index (χ4n) is 4.10. The summed E-state index contributed by atoms with van der Waals surface area (Å²) in [6, 6.07) is 17.5. The Kier molecular flexibility index (Phi) is 11.1. The highest BCUT2D eigenvalue weighted by atomic mass is 35.5. The van der Waals surface area contributed by atoms with Crippen molar-refractivity contribution in [2.45, 2.75) is 25.9 Å². The summed E-state index contributed by atoms with van der Waals surface area (Å²) in [4.78, 5) is 28.7. The van der Waals surface area contributed by atoms with Crippen molar-refractivity contribution in [2.75, 3.05) is 30.8 Å². The lowest BCUT2D eigenvalue weighted by molar-refractivity contribution is -0.140. The molecule has 0 heterocycles. The van der Waals surface area contributed by atoms with E-state index in [-0.39, 0.29) is 29.6 Å². The van der Waals surface area contributed by atoms with Gasteiger partial charge in [-0.15, -0.1) is 0 Å². The number of amides is 2. The topological polar surface area (TPSA) is 96.0 Å². The van der Waals surface area contributed by atoms with Gasteiger partial charge in [-0.25, -0.2) is 8.42 Å². The predicted molar refractivity (Wildman–Crippen MR) is 160 cm³/mol. The molecule has 12 heteroatoms. The van der Waals surface area contributed by atoms with E-state index in [0.717, 1.165) is 16.1 Å². The van der Waals surface area contributed by atoms with E-state index in [4.69, 9.17) is 39.5 Å². The number of benzene rings is 3. The summed E-state index contributed by atoms with van der Waals surface area (Å²) in [6.07, 6.45) is 1.18. The predicted octanol–water partition coefficient (Wildman–Crippen LogP) is 5.20. The van der Waals surface area contributed by atoms with Gasteiger partial charge in [0.15, 0.2) is 0 Å². The van der Waals surface area contributed by atoms with Gasteiger partial charge in [0.25, 0.3) is 0 Å². The summed E-state index contributed by atoms with van der Waals surface area (Å²) in [5.74, 6) is -0.651. The molecule has 0 spiro atoms. The fourth-order valence-corrected chi connectivity index (χ4v) is 5.67. The van der Waals surface area contributed by atoms with E-state index in [0.29, 0.717) is 27.9 Å². The van der Waals surface area contributed by atoms with Crippen LogP contribution in [0.5, 0.6) is 5.75 Å². The Balaban J connectivity index is 2.07. The Hall–Kier alpha value is -2.98. The number of hydrogen-bond acceptors (Lipinski definition) is 5. The minimum atomic E-state index is -3.94. The van der Waals surface area contributed by atoms with Gasteiger partial charge in [-0.3, -0.25) is 13.9 Å². The van der Waals surface area contributed by atoms with Gasteiger partial charge >= 0.3 is 0 Å². The average Bonchev–Trinajstić information content (AvgIpc) is 2.90. The largest absolute Gasteiger partial charge is 0.495 e. The van der Waals surface area contributed by atoms with Crippen molar-refractivity contribution in [3.63, 3.8) is 0 Å². The molecule has 0 aliphatic heterocycles. The van der Waals surface area contributed by atoms with Crippen LogP contribution in [0.15, 0.2) is 66.7 Å². The number of sulfonamides is 1. The van der Waals surface area contributed by atoms with Crippen molar-refractivity contribution in [2.24, 2.45) is 0 Å². The Labute approximate surface area is 249 Å². The maximum Gasteiger partial charge on any atom is 0.244 e. The smallest absolute Gasteiger partial charge is 0.244 e. The van der Waals surface area contributed by atoms with Crippen molar-refractivity contribution in [1.29, 1.82) is 0 Å². The van der Waals surface area contributed by atoms with Crippen LogP contribution in [0.3, 0.4) is 0 Å². The highest BCUT2D eigenvalue weighted by Crippen LogP contribution is 2.31. The SMILES string of the molecule is CCNC(=O)[C@H](Cc1ccccc1)N(Cc1ccc(Cl)cc1Cl)C(=O)CN(c1ccc(OC)c(Cl)c1)S(C)(=O)=O. The first-order valence-corrected chi connectivity index (χ1v) is 15.3. The minimum absolute atomic E-state index is 0.0650. The maximum absolute atomic E-state index is 14.0. The number of hydrogen-bond donors (Lipinski definition) is 1. The van der Waals surface area contributed by atoms with Crippen LogP contribution in [0.1, 0.15) is 18.1 Å². The van der Waals surface area contributed by atoms with E-state index >= 15 is 0 Å². The van der Waals surface area contributed by atoms with Crippen LogP contribution in [-0.2, 0) is 32.6 Å². The maximum atomic E-state index is 14.0. The second kappa shape index (κ2) is 14.1. The number of carbonyl (C=O) groups excluding carboxylic acids is 2. The monoisotopic (exact) mass is 625 g/mol. The molecular weight excluding hydrogens is 597 g/mol. The van der Waals surface area contributed by atoms with E-state index in [1.54, 1.807) is 25.1 Å². The fraction of sp³-hybridized carbons (Fsp3) is 0.286. The lowest BCUT2D eigenvalue weighted by Crippen LogP contribution is -2.53. The number of anilines is 1. The molecule has 0 saturated carbocycles. The highest BCUT2D eigenvalue weighted by molar-refractivity contribution is 7.92. The molecule has 0 aliphatic carbocycles. The standard InChI is InChI=1S/C28H30Cl3N3O5S/c1-4-32-28(36)25(14-19-8-6-5-7-9-19)33(17-20-10-11-21(29)15-23(20)30)27(35)18-34(40(3,37)38)22-12-13-26(39-2)24(31)16-22/h5-13,15-16,25H,4,14,17-18H2,1-3H3,(H,32,36)/t25-/m0/s1. The molecule has 1 N–H and O–H groups in total. The third-order valence-corrected chi connectivity index (χ3v) is 8.10. The van der Waals surface area contributed by atoms with E-state index < -0.39 is 28.5 Å². The quantitative estimate of drug-likeness (QED) is 0.298. The van der Waals surface area contributed by atoms with Crippen molar-refractivity contribution in [3.8, 4) is 5.75 Å². The molecule has 0 fully saturated rings. The zero-order valence-electron chi connectivity index (χ0n) is 22.2.